The number of hydrogen-bond donors (Lipinski definition) is 1. The minimum absolute atomic E-state index is 0.273. The number of carbonyl (C=O) groups is 1. The van der Waals surface area contributed by atoms with Gasteiger partial charge in [-0.1, -0.05) is 30.3 Å². The van der Waals surface area contributed by atoms with Crippen LogP contribution in [0.5, 0.6) is 0 Å². The van der Waals surface area contributed by atoms with Gasteiger partial charge in [-0.05, 0) is 18.9 Å². The summed E-state index contributed by atoms with van der Waals surface area (Å²) in [5.41, 5.74) is 1.09. The lowest BCUT2D eigenvalue weighted by Crippen LogP contribution is -2.29. The standard InChI is InChI=1S/C12H16O3/c1-9(12(13)14)11(15-2)8-10-6-4-3-5-7-10/h3-7,9,11H,8H2,1-2H3,(H,13,14). The predicted octanol–water partition coefficient (Wildman–Crippen LogP) is 1.96. The summed E-state index contributed by atoms with van der Waals surface area (Å²) >= 11 is 0. The first kappa shape index (κ1) is 11.7. The summed E-state index contributed by atoms with van der Waals surface area (Å²) in [6, 6.07) is 9.76. The van der Waals surface area contributed by atoms with Gasteiger partial charge in [0.05, 0.1) is 12.0 Å². The Kier molecular flexibility index (Phi) is 4.31. The predicted molar refractivity (Wildman–Crippen MR) is 57.7 cm³/mol. The Bertz CT molecular complexity index is 308. The quantitative estimate of drug-likeness (QED) is 0.804. The van der Waals surface area contributed by atoms with Crippen LogP contribution in [0, 0.1) is 5.92 Å². The smallest absolute Gasteiger partial charge is 0.308 e. The van der Waals surface area contributed by atoms with E-state index in [1.807, 2.05) is 30.3 Å². The molecule has 1 aromatic carbocycles. The van der Waals surface area contributed by atoms with Crippen LogP contribution in [0.25, 0.3) is 0 Å². The Morgan fingerprint density at radius 1 is 1.40 bits per heavy atom. The van der Waals surface area contributed by atoms with Gasteiger partial charge in [0.25, 0.3) is 0 Å². The normalized spacial score (nSPS) is 14.5. The third-order valence-corrected chi connectivity index (χ3v) is 2.53. The molecule has 0 aliphatic heterocycles. The molecular formula is C12H16O3. The van der Waals surface area contributed by atoms with Crippen LogP contribution < -0.4 is 0 Å². The first-order chi connectivity index (χ1) is 7.15. The van der Waals surface area contributed by atoms with Crippen molar-refractivity contribution in [2.24, 2.45) is 5.92 Å². The second-order valence-electron chi connectivity index (χ2n) is 3.59. The van der Waals surface area contributed by atoms with Crippen LogP contribution in [0.15, 0.2) is 30.3 Å². The van der Waals surface area contributed by atoms with Crippen LogP contribution >= 0.6 is 0 Å². The van der Waals surface area contributed by atoms with Crippen LogP contribution in [-0.2, 0) is 16.0 Å². The average molecular weight is 208 g/mol. The second kappa shape index (κ2) is 5.51. The van der Waals surface area contributed by atoms with E-state index < -0.39 is 11.9 Å². The van der Waals surface area contributed by atoms with Crippen LogP contribution in [0.2, 0.25) is 0 Å². The molecular weight excluding hydrogens is 192 g/mol. The minimum atomic E-state index is -0.821. The summed E-state index contributed by atoms with van der Waals surface area (Å²) in [6.45, 7) is 1.67. The van der Waals surface area contributed by atoms with E-state index in [2.05, 4.69) is 0 Å². The number of rotatable bonds is 5. The highest BCUT2D eigenvalue weighted by atomic mass is 16.5. The molecule has 2 unspecified atom stereocenters. The Morgan fingerprint density at radius 3 is 2.47 bits per heavy atom. The molecule has 1 aromatic rings. The molecule has 0 amide bonds. The van der Waals surface area contributed by atoms with Gasteiger partial charge in [0.1, 0.15) is 0 Å². The van der Waals surface area contributed by atoms with Crippen molar-refractivity contribution in [3.05, 3.63) is 35.9 Å². The summed E-state index contributed by atoms with van der Waals surface area (Å²) in [7, 11) is 1.55. The van der Waals surface area contributed by atoms with E-state index in [1.54, 1.807) is 14.0 Å². The highest BCUT2D eigenvalue weighted by molar-refractivity contribution is 5.70. The Labute approximate surface area is 89.7 Å². The zero-order chi connectivity index (χ0) is 11.3. The molecule has 0 spiro atoms. The van der Waals surface area contributed by atoms with Crippen molar-refractivity contribution in [2.75, 3.05) is 7.11 Å². The third kappa shape index (κ3) is 3.36. The fraction of sp³-hybridized carbons (Fsp3) is 0.417. The number of hydrogen-bond acceptors (Lipinski definition) is 2. The largest absolute Gasteiger partial charge is 0.481 e. The van der Waals surface area contributed by atoms with Gasteiger partial charge in [-0.2, -0.15) is 0 Å². The Morgan fingerprint density at radius 2 is 2.00 bits per heavy atom. The van der Waals surface area contributed by atoms with Crippen molar-refractivity contribution in [3.63, 3.8) is 0 Å². The molecule has 0 aliphatic rings. The molecule has 0 aliphatic carbocycles. The topological polar surface area (TPSA) is 46.5 Å². The van der Waals surface area contributed by atoms with Gasteiger partial charge in [-0.15, -0.1) is 0 Å². The lowest BCUT2D eigenvalue weighted by atomic mass is 9.98. The lowest BCUT2D eigenvalue weighted by Gasteiger charge is -2.19. The molecule has 82 valence electrons. The van der Waals surface area contributed by atoms with Gasteiger partial charge in [0, 0.05) is 7.11 Å². The van der Waals surface area contributed by atoms with Crippen LogP contribution in [0.4, 0.5) is 0 Å². The number of ether oxygens (including phenoxy) is 1. The monoisotopic (exact) mass is 208 g/mol. The Hall–Kier alpha value is -1.35. The lowest BCUT2D eigenvalue weighted by molar-refractivity contribution is -0.145. The number of carboxylic acid groups (broad SMARTS) is 1. The molecule has 0 aromatic heterocycles. The highest BCUT2D eigenvalue weighted by Crippen LogP contribution is 2.13. The van der Waals surface area contributed by atoms with Gasteiger partial charge in [-0.25, -0.2) is 0 Å². The molecule has 0 saturated heterocycles. The van der Waals surface area contributed by atoms with E-state index in [0.29, 0.717) is 6.42 Å². The minimum Gasteiger partial charge on any atom is -0.481 e. The molecule has 0 heterocycles. The second-order valence-corrected chi connectivity index (χ2v) is 3.59. The Balaban J connectivity index is 2.66. The van der Waals surface area contributed by atoms with Crippen molar-refractivity contribution < 1.29 is 14.6 Å². The van der Waals surface area contributed by atoms with E-state index >= 15 is 0 Å². The van der Waals surface area contributed by atoms with Gasteiger partial charge >= 0.3 is 5.97 Å². The first-order valence-corrected chi connectivity index (χ1v) is 4.94. The van der Waals surface area contributed by atoms with Crippen molar-refractivity contribution in [1.82, 2.24) is 0 Å². The van der Waals surface area contributed by atoms with Crippen LogP contribution in [0.3, 0.4) is 0 Å². The van der Waals surface area contributed by atoms with E-state index in [-0.39, 0.29) is 6.10 Å². The first-order valence-electron chi connectivity index (χ1n) is 4.94. The van der Waals surface area contributed by atoms with Gasteiger partial charge < -0.3 is 9.84 Å². The third-order valence-electron chi connectivity index (χ3n) is 2.53. The molecule has 0 bridgehead atoms. The zero-order valence-corrected chi connectivity index (χ0v) is 9.01. The molecule has 1 N–H and O–H groups in total. The van der Waals surface area contributed by atoms with E-state index in [9.17, 15) is 4.79 Å². The van der Waals surface area contributed by atoms with Crippen LogP contribution in [0.1, 0.15) is 12.5 Å². The fourth-order valence-corrected chi connectivity index (χ4v) is 1.47. The van der Waals surface area contributed by atoms with Crippen molar-refractivity contribution in [2.45, 2.75) is 19.4 Å². The number of carboxylic acids is 1. The van der Waals surface area contributed by atoms with Crippen molar-refractivity contribution >= 4 is 5.97 Å². The van der Waals surface area contributed by atoms with Crippen LogP contribution in [-0.4, -0.2) is 24.3 Å². The maximum atomic E-state index is 10.8. The molecule has 0 radical (unpaired) electrons. The molecule has 2 atom stereocenters. The maximum Gasteiger partial charge on any atom is 0.308 e. The highest BCUT2D eigenvalue weighted by Gasteiger charge is 2.23. The average Bonchev–Trinajstić information content (AvgIpc) is 2.26. The molecule has 3 nitrogen and oxygen atoms in total. The van der Waals surface area contributed by atoms with E-state index in [4.69, 9.17) is 9.84 Å². The van der Waals surface area contributed by atoms with Gasteiger partial charge in [0.15, 0.2) is 0 Å². The molecule has 0 fully saturated rings. The molecule has 15 heavy (non-hydrogen) atoms. The maximum absolute atomic E-state index is 10.8. The zero-order valence-electron chi connectivity index (χ0n) is 9.01. The number of benzene rings is 1. The molecule has 0 saturated carbocycles. The summed E-state index contributed by atoms with van der Waals surface area (Å²) in [6.07, 6.45) is 0.357. The SMILES string of the molecule is COC(Cc1ccccc1)C(C)C(=O)O. The summed E-state index contributed by atoms with van der Waals surface area (Å²) < 4.78 is 5.20. The molecule has 1 rings (SSSR count). The number of methoxy groups -OCH3 is 1. The van der Waals surface area contributed by atoms with Gasteiger partial charge in [-0.3, -0.25) is 4.79 Å². The van der Waals surface area contributed by atoms with Crippen molar-refractivity contribution in [3.8, 4) is 0 Å². The molecule has 3 heteroatoms. The van der Waals surface area contributed by atoms with E-state index in [1.165, 1.54) is 0 Å². The van der Waals surface area contributed by atoms with E-state index in [0.717, 1.165) is 5.56 Å². The summed E-state index contributed by atoms with van der Waals surface area (Å²) in [5, 5.41) is 8.88. The summed E-state index contributed by atoms with van der Waals surface area (Å²) in [5.74, 6) is -1.31. The van der Waals surface area contributed by atoms with Crippen molar-refractivity contribution in [1.29, 1.82) is 0 Å². The van der Waals surface area contributed by atoms with Gasteiger partial charge in [0.2, 0.25) is 0 Å². The number of aliphatic carboxylic acids is 1. The summed E-state index contributed by atoms with van der Waals surface area (Å²) in [4.78, 5) is 10.8. The fourth-order valence-electron chi connectivity index (χ4n) is 1.47.